The summed E-state index contributed by atoms with van der Waals surface area (Å²) in [5.41, 5.74) is 4.46. The zero-order chi connectivity index (χ0) is 15.0. The van der Waals surface area contributed by atoms with Crippen molar-refractivity contribution in [1.29, 1.82) is 0 Å². The number of nitrogens with two attached hydrogens (primary N) is 1. The second-order valence-electron chi connectivity index (χ2n) is 3.00. The van der Waals surface area contributed by atoms with Gasteiger partial charge in [-0.05, 0) is 6.07 Å². The monoisotopic (exact) mass is 290 g/mol. The Morgan fingerprint density at radius 3 is 2.53 bits per heavy atom. The van der Waals surface area contributed by atoms with E-state index in [-0.39, 0.29) is 29.5 Å². The van der Waals surface area contributed by atoms with Crippen LogP contribution in [0.3, 0.4) is 0 Å². The van der Waals surface area contributed by atoms with Crippen molar-refractivity contribution in [2.24, 2.45) is 5.73 Å². The van der Waals surface area contributed by atoms with Crippen LogP contribution >= 0.6 is 11.6 Å². The van der Waals surface area contributed by atoms with Crippen molar-refractivity contribution < 1.29 is 19.6 Å². The topological polar surface area (TPSA) is 116 Å². The molecule has 0 aliphatic heterocycles. The van der Waals surface area contributed by atoms with E-state index in [2.05, 4.69) is 0 Å². The summed E-state index contributed by atoms with van der Waals surface area (Å²) in [5, 5.41) is 19.0. The lowest BCUT2D eigenvalue weighted by Gasteiger charge is -2.08. The molecule has 8 heteroatoms. The van der Waals surface area contributed by atoms with Crippen molar-refractivity contribution in [3.8, 4) is 5.75 Å². The highest BCUT2D eigenvalue weighted by Gasteiger charge is 2.20. The highest BCUT2D eigenvalue weighted by atomic mass is 35.5. The average Bonchev–Trinajstić information content (AvgIpc) is 2.39. The van der Waals surface area contributed by atoms with Gasteiger partial charge < -0.3 is 15.6 Å². The first-order valence-corrected chi connectivity index (χ1v) is 5.86. The maximum atomic E-state index is 11.0. The largest absolute Gasteiger partial charge is 0.489 e. The van der Waals surface area contributed by atoms with Crippen molar-refractivity contribution in [2.75, 3.05) is 13.2 Å². The van der Waals surface area contributed by atoms with Gasteiger partial charge in [-0.1, -0.05) is 25.4 Å². The fourth-order valence-corrected chi connectivity index (χ4v) is 1.35. The van der Waals surface area contributed by atoms with E-state index in [9.17, 15) is 14.9 Å². The van der Waals surface area contributed by atoms with Crippen LogP contribution < -0.4 is 10.5 Å². The van der Waals surface area contributed by atoms with Gasteiger partial charge in [0.25, 0.3) is 5.69 Å². The standard InChI is InChI=1S/C9H9ClN2O5.C2H6/c10-8-6(12(15)16)3-5(9(11)14)4-7(8)17-2-1-13;1-2/h3-4,13H,1-2H2,(H2,11,14);1-2H3. The fourth-order valence-electron chi connectivity index (χ4n) is 1.12. The fraction of sp³-hybridized carbons (Fsp3) is 0.364. The van der Waals surface area contributed by atoms with Crippen LogP contribution in [0.15, 0.2) is 12.1 Å². The summed E-state index contributed by atoms with van der Waals surface area (Å²) in [7, 11) is 0. The lowest BCUT2D eigenvalue weighted by atomic mass is 10.2. The van der Waals surface area contributed by atoms with Gasteiger partial charge in [0.1, 0.15) is 12.4 Å². The summed E-state index contributed by atoms with van der Waals surface area (Å²) >= 11 is 5.72. The number of nitro benzene ring substituents is 1. The molecule has 0 aliphatic carbocycles. The number of hydrogen-bond donors (Lipinski definition) is 2. The molecule has 0 aliphatic rings. The van der Waals surface area contributed by atoms with Gasteiger partial charge in [-0.15, -0.1) is 0 Å². The molecule has 106 valence electrons. The lowest BCUT2D eigenvalue weighted by molar-refractivity contribution is -0.384. The van der Waals surface area contributed by atoms with Gasteiger partial charge in [0.2, 0.25) is 5.91 Å². The first kappa shape index (κ1) is 17.1. The van der Waals surface area contributed by atoms with E-state index in [1.807, 2.05) is 13.8 Å². The number of rotatable bonds is 5. The van der Waals surface area contributed by atoms with Gasteiger partial charge in [0.05, 0.1) is 11.5 Å². The van der Waals surface area contributed by atoms with Gasteiger partial charge in [-0.25, -0.2) is 0 Å². The van der Waals surface area contributed by atoms with Crippen molar-refractivity contribution in [3.63, 3.8) is 0 Å². The van der Waals surface area contributed by atoms with Crippen molar-refractivity contribution in [2.45, 2.75) is 13.8 Å². The highest BCUT2D eigenvalue weighted by Crippen LogP contribution is 2.35. The number of carbonyl (C=O) groups excluding carboxylic acids is 1. The number of ether oxygens (including phenoxy) is 1. The number of benzene rings is 1. The molecule has 0 radical (unpaired) electrons. The van der Waals surface area contributed by atoms with E-state index >= 15 is 0 Å². The molecule has 0 heterocycles. The Bertz CT molecular complexity index is 465. The first-order valence-electron chi connectivity index (χ1n) is 5.48. The Morgan fingerprint density at radius 1 is 1.53 bits per heavy atom. The second kappa shape index (κ2) is 8.28. The number of aliphatic hydroxyl groups is 1. The van der Waals surface area contributed by atoms with E-state index in [1.165, 1.54) is 6.07 Å². The minimum atomic E-state index is -0.835. The molecule has 0 saturated heterocycles. The van der Waals surface area contributed by atoms with E-state index in [1.54, 1.807) is 0 Å². The molecule has 3 N–H and O–H groups in total. The van der Waals surface area contributed by atoms with Crippen molar-refractivity contribution in [1.82, 2.24) is 0 Å². The summed E-state index contributed by atoms with van der Waals surface area (Å²) in [6.07, 6.45) is 0. The normalized spacial score (nSPS) is 9.26. The minimum Gasteiger partial charge on any atom is -0.489 e. The molecule has 19 heavy (non-hydrogen) atoms. The van der Waals surface area contributed by atoms with Crippen LogP contribution in [0.25, 0.3) is 0 Å². The number of amides is 1. The quantitative estimate of drug-likeness (QED) is 0.633. The second-order valence-corrected chi connectivity index (χ2v) is 3.38. The van der Waals surface area contributed by atoms with Crippen molar-refractivity contribution in [3.05, 3.63) is 32.8 Å². The van der Waals surface area contributed by atoms with E-state index in [0.717, 1.165) is 6.07 Å². The van der Waals surface area contributed by atoms with Crippen LogP contribution in [0, 0.1) is 10.1 Å². The zero-order valence-corrected chi connectivity index (χ0v) is 11.3. The smallest absolute Gasteiger partial charge is 0.292 e. The summed E-state index contributed by atoms with van der Waals surface area (Å²) in [5.74, 6) is -0.901. The number of primary amides is 1. The molecule has 7 nitrogen and oxygen atoms in total. The molecule has 1 aromatic rings. The van der Waals surface area contributed by atoms with Gasteiger partial charge in [-0.3, -0.25) is 14.9 Å². The molecule has 0 unspecified atom stereocenters. The van der Waals surface area contributed by atoms with Crippen molar-refractivity contribution >= 4 is 23.2 Å². The molecule has 0 aromatic heterocycles. The Labute approximate surface area is 115 Å². The Kier molecular flexibility index (Phi) is 7.47. The number of nitro groups is 1. The minimum absolute atomic E-state index is 0.0660. The average molecular weight is 291 g/mol. The van der Waals surface area contributed by atoms with Gasteiger partial charge >= 0.3 is 0 Å². The maximum Gasteiger partial charge on any atom is 0.292 e. The first-order chi connectivity index (χ1) is 8.97. The van der Waals surface area contributed by atoms with Crippen LogP contribution in [0.4, 0.5) is 5.69 Å². The molecular formula is C11H15ClN2O5. The SMILES string of the molecule is CC.NC(=O)c1cc(OCCO)c(Cl)c([N+](=O)[O-])c1. The van der Waals surface area contributed by atoms with E-state index in [4.69, 9.17) is 27.2 Å². The van der Waals surface area contributed by atoms with Crippen LogP contribution in [-0.4, -0.2) is 29.2 Å². The lowest BCUT2D eigenvalue weighted by Crippen LogP contribution is -2.12. The molecule has 1 amide bonds. The molecule has 0 saturated carbocycles. The number of halogens is 1. The highest BCUT2D eigenvalue weighted by molar-refractivity contribution is 6.34. The van der Waals surface area contributed by atoms with Gasteiger partial charge in [0, 0.05) is 11.6 Å². The third-order valence-corrected chi connectivity index (χ3v) is 2.23. The number of hydrogen-bond acceptors (Lipinski definition) is 5. The van der Waals surface area contributed by atoms with Crippen LogP contribution in [0.5, 0.6) is 5.75 Å². The molecular weight excluding hydrogens is 276 g/mol. The number of carbonyl (C=O) groups is 1. The molecule has 0 atom stereocenters. The summed E-state index contributed by atoms with van der Waals surface area (Å²) in [6.45, 7) is 3.62. The van der Waals surface area contributed by atoms with Gasteiger partial charge in [-0.2, -0.15) is 0 Å². The third-order valence-electron chi connectivity index (χ3n) is 1.85. The summed E-state index contributed by atoms with van der Waals surface area (Å²) in [6, 6.07) is 2.16. The summed E-state index contributed by atoms with van der Waals surface area (Å²) in [4.78, 5) is 20.9. The summed E-state index contributed by atoms with van der Waals surface area (Å²) < 4.78 is 4.97. The van der Waals surface area contributed by atoms with E-state index in [0.29, 0.717) is 0 Å². The van der Waals surface area contributed by atoms with E-state index < -0.39 is 16.5 Å². The Morgan fingerprint density at radius 2 is 2.11 bits per heavy atom. The predicted octanol–water partition coefficient (Wildman–Crippen LogP) is 1.74. The molecule has 0 spiro atoms. The molecule has 1 aromatic carbocycles. The molecule has 0 bridgehead atoms. The third kappa shape index (κ3) is 4.72. The Hall–Kier alpha value is -1.86. The van der Waals surface area contributed by atoms with Crippen LogP contribution in [0.2, 0.25) is 5.02 Å². The predicted molar refractivity (Wildman–Crippen MR) is 70.6 cm³/mol. The Balaban J connectivity index is 0.00000154. The van der Waals surface area contributed by atoms with Gasteiger partial charge in [0.15, 0.2) is 5.02 Å². The van der Waals surface area contributed by atoms with Crippen LogP contribution in [-0.2, 0) is 0 Å². The molecule has 1 rings (SSSR count). The molecule has 0 fully saturated rings. The number of aliphatic hydroxyl groups excluding tert-OH is 1. The van der Waals surface area contributed by atoms with Crippen LogP contribution in [0.1, 0.15) is 24.2 Å². The number of nitrogens with zero attached hydrogens (tertiary/aromatic N) is 1. The maximum absolute atomic E-state index is 11.0. The zero-order valence-electron chi connectivity index (χ0n) is 10.6.